The molecule has 0 atom stereocenters. The summed E-state index contributed by atoms with van der Waals surface area (Å²) in [4.78, 5) is 10.8. The topological polar surface area (TPSA) is 50.1 Å². The minimum absolute atomic E-state index is 0.0156. The molecule has 1 rings (SSSR count). The number of nitrogens with zero attached hydrogens (tertiary/aromatic N) is 1. The summed E-state index contributed by atoms with van der Waals surface area (Å²) in [6.45, 7) is 5.29. The van der Waals surface area contributed by atoms with Crippen LogP contribution in [0, 0.1) is 25.2 Å². The number of ketones is 1. The third-order valence-electron chi connectivity index (χ3n) is 2.01. The Morgan fingerprint density at radius 1 is 1.40 bits per heavy atom. The van der Waals surface area contributed by atoms with Crippen LogP contribution in [0.2, 0.25) is 0 Å². The van der Waals surface area contributed by atoms with Crippen molar-refractivity contribution in [3.8, 4) is 11.8 Å². The number of carbonyl (C=O) groups is 1. The Balaban J connectivity index is 2.99. The molecule has 3 heteroatoms. The number of aryl methyl sites for hydroxylation is 2. The van der Waals surface area contributed by atoms with E-state index in [1.54, 1.807) is 12.1 Å². The van der Waals surface area contributed by atoms with Crippen molar-refractivity contribution in [2.75, 3.05) is 6.61 Å². The Labute approximate surface area is 89.3 Å². The molecule has 0 aliphatic rings. The zero-order valence-electron chi connectivity index (χ0n) is 9.13. The van der Waals surface area contributed by atoms with Crippen LogP contribution in [0.15, 0.2) is 12.1 Å². The summed E-state index contributed by atoms with van der Waals surface area (Å²) in [7, 11) is 0. The molecule has 0 unspecified atom stereocenters. The molecule has 0 saturated heterocycles. The number of ether oxygens (including phenoxy) is 1. The van der Waals surface area contributed by atoms with Crippen LogP contribution in [0.5, 0.6) is 5.75 Å². The number of carbonyl (C=O) groups excluding carboxylic acids is 1. The van der Waals surface area contributed by atoms with Gasteiger partial charge in [-0.25, -0.2) is 0 Å². The zero-order chi connectivity index (χ0) is 11.4. The van der Waals surface area contributed by atoms with Crippen LogP contribution < -0.4 is 4.74 Å². The van der Waals surface area contributed by atoms with E-state index < -0.39 is 0 Å². The molecule has 0 amide bonds. The Morgan fingerprint density at radius 2 is 1.93 bits per heavy atom. The fourth-order valence-electron chi connectivity index (χ4n) is 1.42. The van der Waals surface area contributed by atoms with Gasteiger partial charge in [-0.05, 0) is 44.0 Å². The van der Waals surface area contributed by atoms with E-state index in [0.29, 0.717) is 11.3 Å². The van der Waals surface area contributed by atoms with Crippen molar-refractivity contribution in [2.45, 2.75) is 20.8 Å². The maximum atomic E-state index is 10.8. The molecule has 0 spiro atoms. The Kier molecular flexibility index (Phi) is 3.46. The van der Waals surface area contributed by atoms with E-state index >= 15 is 0 Å². The minimum Gasteiger partial charge on any atom is -0.485 e. The number of hydrogen-bond acceptors (Lipinski definition) is 3. The van der Waals surface area contributed by atoms with Crippen LogP contribution in [-0.2, 0) is 4.79 Å². The molecule has 0 aromatic heterocycles. The van der Waals surface area contributed by atoms with E-state index in [1.807, 2.05) is 13.8 Å². The molecule has 15 heavy (non-hydrogen) atoms. The molecule has 0 heterocycles. The highest BCUT2D eigenvalue weighted by atomic mass is 16.5. The fraction of sp³-hybridized carbons (Fsp3) is 0.333. The SMILES string of the molecule is CC(=O)COc1c(C)cc(C#N)cc1C. The Morgan fingerprint density at radius 3 is 2.33 bits per heavy atom. The summed E-state index contributed by atoms with van der Waals surface area (Å²) in [6, 6.07) is 5.58. The van der Waals surface area contributed by atoms with E-state index in [4.69, 9.17) is 10.00 Å². The monoisotopic (exact) mass is 203 g/mol. The van der Waals surface area contributed by atoms with Gasteiger partial charge in [0, 0.05) is 0 Å². The summed E-state index contributed by atoms with van der Waals surface area (Å²) in [5.41, 5.74) is 2.38. The van der Waals surface area contributed by atoms with Crippen LogP contribution in [0.25, 0.3) is 0 Å². The Hall–Kier alpha value is -1.82. The predicted octanol–water partition coefficient (Wildman–Crippen LogP) is 2.14. The van der Waals surface area contributed by atoms with Crippen molar-refractivity contribution in [1.82, 2.24) is 0 Å². The van der Waals surface area contributed by atoms with Crippen LogP contribution in [0.3, 0.4) is 0 Å². The molecule has 0 bridgehead atoms. The average molecular weight is 203 g/mol. The van der Waals surface area contributed by atoms with E-state index in [-0.39, 0.29) is 12.4 Å². The number of rotatable bonds is 3. The third kappa shape index (κ3) is 2.81. The van der Waals surface area contributed by atoms with Crippen molar-refractivity contribution in [1.29, 1.82) is 5.26 Å². The van der Waals surface area contributed by atoms with Crippen LogP contribution >= 0.6 is 0 Å². The van der Waals surface area contributed by atoms with Crippen molar-refractivity contribution >= 4 is 5.78 Å². The number of hydrogen-bond donors (Lipinski definition) is 0. The maximum Gasteiger partial charge on any atom is 0.167 e. The van der Waals surface area contributed by atoms with Gasteiger partial charge in [-0.2, -0.15) is 5.26 Å². The summed E-state index contributed by atoms with van der Waals surface area (Å²) in [5, 5.41) is 8.75. The molecule has 1 aromatic rings. The first-order valence-corrected chi connectivity index (χ1v) is 4.68. The molecule has 0 saturated carbocycles. The summed E-state index contributed by atoms with van der Waals surface area (Å²) >= 11 is 0. The number of benzene rings is 1. The second kappa shape index (κ2) is 4.61. The van der Waals surface area contributed by atoms with Crippen molar-refractivity contribution in [3.63, 3.8) is 0 Å². The summed E-state index contributed by atoms with van der Waals surface area (Å²) < 4.78 is 5.37. The molecule has 0 radical (unpaired) electrons. The van der Waals surface area contributed by atoms with Crippen molar-refractivity contribution < 1.29 is 9.53 Å². The van der Waals surface area contributed by atoms with Crippen LogP contribution in [0.4, 0.5) is 0 Å². The molecule has 3 nitrogen and oxygen atoms in total. The zero-order valence-corrected chi connectivity index (χ0v) is 9.13. The van der Waals surface area contributed by atoms with Gasteiger partial charge < -0.3 is 4.74 Å². The molecule has 1 aromatic carbocycles. The van der Waals surface area contributed by atoms with Gasteiger partial charge in [0.15, 0.2) is 5.78 Å². The smallest absolute Gasteiger partial charge is 0.167 e. The summed E-state index contributed by atoms with van der Waals surface area (Å²) in [6.07, 6.45) is 0. The van der Waals surface area contributed by atoms with Crippen molar-refractivity contribution in [3.05, 3.63) is 28.8 Å². The van der Waals surface area contributed by atoms with E-state index in [2.05, 4.69) is 6.07 Å². The van der Waals surface area contributed by atoms with Gasteiger partial charge in [-0.3, -0.25) is 4.79 Å². The number of Topliss-reactive ketones (excluding diaryl/α,β-unsaturated/α-hetero) is 1. The lowest BCUT2D eigenvalue weighted by Gasteiger charge is -2.10. The fourth-order valence-corrected chi connectivity index (χ4v) is 1.42. The van der Waals surface area contributed by atoms with Gasteiger partial charge in [0.05, 0.1) is 11.6 Å². The van der Waals surface area contributed by atoms with Gasteiger partial charge in [-0.15, -0.1) is 0 Å². The first-order valence-electron chi connectivity index (χ1n) is 4.68. The molecule has 0 N–H and O–H groups in total. The summed E-state index contributed by atoms with van der Waals surface area (Å²) in [5.74, 6) is 0.683. The molecule has 0 aliphatic carbocycles. The van der Waals surface area contributed by atoms with Gasteiger partial charge in [0.25, 0.3) is 0 Å². The predicted molar refractivity (Wildman–Crippen MR) is 56.8 cm³/mol. The largest absolute Gasteiger partial charge is 0.485 e. The third-order valence-corrected chi connectivity index (χ3v) is 2.01. The first-order chi connectivity index (χ1) is 7.04. The lowest BCUT2D eigenvalue weighted by atomic mass is 10.1. The molecular formula is C12H13NO2. The highest BCUT2D eigenvalue weighted by molar-refractivity contribution is 5.77. The second-order valence-electron chi connectivity index (χ2n) is 3.54. The van der Waals surface area contributed by atoms with Gasteiger partial charge in [-0.1, -0.05) is 0 Å². The first kappa shape index (κ1) is 11.3. The lowest BCUT2D eigenvalue weighted by Crippen LogP contribution is -2.08. The standard InChI is InChI=1S/C12H13NO2/c1-8-4-11(6-13)5-9(2)12(8)15-7-10(3)14/h4-5H,7H2,1-3H3. The number of nitriles is 1. The van der Waals surface area contributed by atoms with Crippen molar-refractivity contribution in [2.24, 2.45) is 0 Å². The van der Waals surface area contributed by atoms with Crippen LogP contribution in [0.1, 0.15) is 23.6 Å². The van der Waals surface area contributed by atoms with Gasteiger partial charge in [0.1, 0.15) is 12.4 Å². The van der Waals surface area contributed by atoms with Gasteiger partial charge in [0.2, 0.25) is 0 Å². The van der Waals surface area contributed by atoms with Gasteiger partial charge >= 0.3 is 0 Å². The van der Waals surface area contributed by atoms with E-state index in [9.17, 15) is 4.79 Å². The van der Waals surface area contributed by atoms with E-state index in [0.717, 1.165) is 11.1 Å². The second-order valence-corrected chi connectivity index (χ2v) is 3.54. The van der Waals surface area contributed by atoms with E-state index in [1.165, 1.54) is 6.92 Å². The molecular weight excluding hydrogens is 190 g/mol. The molecule has 78 valence electrons. The normalized spacial score (nSPS) is 9.47. The lowest BCUT2D eigenvalue weighted by molar-refractivity contribution is -0.118. The molecule has 0 fully saturated rings. The molecule has 0 aliphatic heterocycles. The maximum absolute atomic E-state index is 10.8. The Bertz CT molecular complexity index is 407. The highest BCUT2D eigenvalue weighted by Crippen LogP contribution is 2.24. The quantitative estimate of drug-likeness (QED) is 0.756. The van der Waals surface area contributed by atoms with Crippen LogP contribution in [-0.4, -0.2) is 12.4 Å². The average Bonchev–Trinajstić information content (AvgIpc) is 2.15. The minimum atomic E-state index is -0.0156. The highest BCUT2D eigenvalue weighted by Gasteiger charge is 2.07.